The van der Waals surface area contributed by atoms with E-state index in [1.54, 1.807) is 34.6 Å². The molecule has 2 amide bonds. The molecule has 0 spiro atoms. The molecule has 1 aliphatic heterocycles. The molecule has 1 saturated heterocycles. The highest BCUT2D eigenvalue weighted by molar-refractivity contribution is 7.13. The van der Waals surface area contributed by atoms with Crippen molar-refractivity contribution in [2.75, 3.05) is 31.1 Å². The van der Waals surface area contributed by atoms with Gasteiger partial charge < -0.3 is 19.9 Å². The highest BCUT2D eigenvalue weighted by atomic mass is 32.1. The summed E-state index contributed by atoms with van der Waals surface area (Å²) in [6, 6.07) is 5.91. The Morgan fingerprint density at radius 3 is 2.50 bits per heavy atom. The second-order valence-electron chi connectivity index (χ2n) is 5.91. The van der Waals surface area contributed by atoms with Crippen LogP contribution in [0, 0.1) is 0 Å². The van der Waals surface area contributed by atoms with Crippen LogP contribution in [-0.4, -0.2) is 48.7 Å². The smallest absolute Gasteiger partial charge is 0.387 e. The molecule has 1 aromatic heterocycles. The second kappa shape index (κ2) is 8.31. The van der Waals surface area contributed by atoms with Crippen molar-refractivity contribution in [2.45, 2.75) is 19.6 Å². The number of alkyl halides is 2. The maximum atomic E-state index is 12.4. The molecule has 140 valence electrons. The molecule has 0 aliphatic carbocycles. The number of urea groups is 1. The fraction of sp³-hybridized carbons (Fsp3) is 0.412. The summed E-state index contributed by atoms with van der Waals surface area (Å²) in [5.41, 5.74) is 0.821. The number of carbonyl (C=O) groups is 1. The van der Waals surface area contributed by atoms with Gasteiger partial charge >= 0.3 is 12.6 Å². The lowest BCUT2D eigenvalue weighted by atomic mass is 10.1. The number of rotatable bonds is 5. The van der Waals surface area contributed by atoms with Gasteiger partial charge in [-0.25, -0.2) is 9.78 Å². The molecule has 9 heteroatoms. The third-order valence-corrected chi connectivity index (χ3v) is 5.03. The van der Waals surface area contributed by atoms with Gasteiger partial charge in [0.2, 0.25) is 0 Å². The van der Waals surface area contributed by atoms with E-state index in [0.29, 0.717) is 13.1 Å². The number of amides is 2. The van der Waals surface area contributed by atoms with Crippen LogP contribution in [0.5, 0.6) is 5.75 Å². The van der Waals surface area contributed by atoms with Crippen LogP contribution in [0.4, 0.5) is 18.7 Å². The first-order valence-electron chi connectivity index (χ1n) is 8.27. The fourth-order valence-corrected chi connectivity index (χ4v) is 3.47. The summed E-state index contributed by atoms with van der Waals surface area (Å²) < 4.78 is 28.7. The molecule has 1 unspecified atom stereocenters. The molecule has 1 aromatic carbocycles. The first kappa shape index (κ1) is 18.4. The predicted octanol–water partition coefficient (Wildman–Crippen LogP) is 3.34. The average molecular weight is 382 g/mol. The number of halogens is 2. The molecule has 3 rings (SSSR count). The Morgan fingerprint density at radius 2 is 1.92 bits per heavy atom. The monoisotopic (exact) mass is 382 g/mol. The second-order valence-corrected chi connectivity index (χ2v) is 6.78. The molecule has 0 bridgehead atoms. The van der Waals surface area contributed by atoms with Gasteiger partial charge in [0, 0.05) is 37.8 Å². The normalized spacial score (nSPS) is 15.8. The molecular weight excluding hydrogens is 362 g/mol. The summed E-state index contributed by atoms with van der Waals surface area (Å²) in [5.74, 6) is 0.0978. The van der Waals surface area contributed by atoms with E-state index in [-0.39, 0.29) is 17.8 Å². The van der Waals surface area contributed by atoms with Gasteiger partial charge in [-0.05, 0) is 24.6 Å². The number of piperazine rings is 1. The van der Waals surface area contributed by atoms with Crippen molar-refractivity contribution in [2.24, 2.45) is 0 Å². The Bertz CT molecular complexity index is 704. The van der Waals surface area contributed by atoms with Crippen LogP contribution in [0.2, 0.25) is 0 Å². The number of carbonyl (C=O) groups excluding carboxylic acids is 1. The largest absolute Gasteiger partial charge is 0.435 e. The summed E-state index contributed by atoms with van der Waals surface area (Å²) in [6.07, 6.45) is 1.78. The van der Waals surface area contributed by atoms with Crippen LogP contribution in [0.15, 0.2) is 35.8 Å². The lowest BCUT2D eigenvalue weighted by Crippen LogP contribution is -2.52. The number of benzene rings is 1. The zero-order valence-corrected chi connectivity index (χ0v) is 15.1. The van der Waals surface area contributed by atoms with Crippen LogP contribution in [0.1, 0.15) is 18.5 Å². The van der Waals surface area contributed by atoms with Gasteiger partial charge in [0.25, 0.3) is 0 Å². The van der Waals surface area contributed by atoms with Gasteiger partial charge in [-0.1, -0.05) is 12.1 Å². The van der Waals surface area contributed by atoms with Gasteiger partial charge in [-0.3, -0.25) is 0 Å². The topological polar surface area (TPSA) is 57.7 Å². The first-order chi connectivity index (χ1) is 12.5. The van der Waals surface area contributed by atoms with Gasteiger partial charge in [0.1, 0.15) is 5.75 Å². The highest BCUT2D eigenvalue weighted by Crippen LogP contribution is 2.21. The van der Waals surface area contributed by atoms with E-state index in [1.807, 2.05) is 12.3 Å². The van der Waals surface area contributed by atoms with Crippen LogP contribution >= 0.6 is 11.3 Å². The zero-order chi connectivity index (χ0) is 18.5. The minimum atomic E-state index is -2.85. The molecule has 2 heterocycles. The van der Waals surface area contributed by atoms with Crippen molar-refractivity contribution < 1.29 is 18.3 Å². The van der Waals surface area contributed by atoms with Crippen LogP contribution < -0.4 is 15.0 Å². The van der Waals surface area contributed by atoms with Crippen molar-refractivity contribution in [3.8, 4) is 5.75 Å². The Kier molecular flexibility index (Phi) is 5.87. The number of ether oxygens (including phenoxy) is 1. The maximum Gasteiger partial charge on any atom is 0.387 e. The van der Waals surface area contributed by atoms with Gasteiger partial charge in [-0.15, -0.1) is 11.3 Å². The average Bonchev–Trinajstić information content (AvgIpc) is 3.16. The SMILES string of the molecule is CC(NC(=O)N1CCN(c2nccs2)CC1)c1ccc(OC(F)F)cc1. The third kappa shape index (κ3) is 4.60. The Labute approximate surface area is 154 Å². The number of anilines is 1. The van der Waals surface area contributed by atoms with Crippen LogP contribution in [0.25, 0.3) is 0 Å². The van der Waals surface area contributed by atoms with E-state index in [2.05, 4.69) is 19.9 Å². The number of thiazole rings is 1. The molecule has 1 fully saturated rings. The summed E-state index contributed by atoms with van der Waals surface area (Å²) in [5, 5.41) is 5.86. The quantitative estimate of drug-likeness (QED) is 0.862. The molecular formula is C17H20F2N4O2S. The molecule has 0 saturated carbocycles. The van der Waals surface area contributed by atoms with Crippen molar-refractivity contribution in [1.29, 1.82) is 0 Å². The molecule has 2 aromatic rings. The number of nitrogens with one attached hydrogen (secondary N) is 1. The molecule has 26 heavy (non-hydrogen) atoms. The van der Waals surface area contributed by atoms with E-state index in [9.17, 15) is 13.6 Å². The lowest BCUT2D eigenvalue weighted by Gasteiger charge is -2.35. The summed E-state index contributed by atoms with van der Waals surface area (Å²) in [7, 11) is 0. The molecule has 6 nitrogen and oxygen atoms in total. The van der Waals surface area contributed by atoms with E-state index < -0.39 is 6.61 Å². The highest BCUT2D eigenvalue weighted by Gasteiger charge is 2.23. The lowest BCUT2D eigenvalue weighted by molar-refractivity contribution is -0.0498. The number of aromatic nitrogens is 1. The third-order valence-electron chi connectivity index (χ3n) is 4.20. The molecule has 1 N–H and O–H groups in total. The summed E-state index contributed by atoms with van der Waals surface area (Å²) in [4.78, 5) is 20.7. The van der Waals surface area contributed by atoms with Gasteiger partial charge in [0.15, 0.2) is 5.13 Å². The van der Waals surface area contributed by atoms with Gasteiger partial charge in [-0.2, -0.15) is 8.78 Å². The zero-order valence-electron chi connectivity index (χ0n) is 14.3. The van der Waals surface area contributed by atoms with E-state index >= 15 is 0 Å². The first-order valence-corrected chi connectivity index (χ1v) is 9.15. The summed E-state index contributed by atoms with van der Waals surface area (Å²) >= 11 is 1.59. The van der Waals surface area contributed by atoms with Crippen molar-refractivity contribution in [1.82, 2.24) is 15.2 Å². The van der Waals surface area contributed by atoms with Crippen molar-refractivity contribution in [3.05, 3.63) is 41.4 Å². The molecule has 0 radical (unpaired) electrons. The van der Waals surface area contributed by atoms with Crippen molar-refractivity contribution >= 4 is 22.5 Å². The van der Waals surface area contributed by atoms with Crippen LogP contribution in [-0.2, 0) is 0 Å². The minimum absolute atomic E-state index is 0.0978. The minimum Gasteiger partial charge on any atom is -0.435 e. The van der Waals surface area contributed by atoms with Gasteiger partial charge in [0.05, 0.1) is 6.04 Å². The number of hydrogen-bond acceptors (Lipinski definition) is 5. The number of nitrogens with zero attached hydrogens (tertiary/aromatic N) is 3. The standard InChI is InChI=1S/C17H20F2N4O2S/c1-12(13-2-4-14(5-3-13)25-15(18)19)21-16(24)22-7-9-23(10-8-22)17-20-6-11-26-17/h2-6,11-12,15H,7-10H2,1H3,(H,21,24). The molecule has 1 aliphatic rings. The van der Waals surface area contributed by atoms with Crippen LogP contribution in [0.3, 0.4) is 0 Å². The van der Waals surface area contributed by atoms with E-state index in [1.165, 1.54) is 12.1 Å². The van der Waals surface area contributed by atoms with E-state index in [4.69, 9.17) is 0 Å². The number of hydrogen-bond donors (Lipinski definition) is 1. The Morgan fingerprint density at radius 1 is 1.23 bits per heavy atom. The maximum absolute atomic E-state index is 12.4. The summed E-state index contributed by atoms with van der Waals surface area (Å²) in [6.45, 7) is 1.75. The van der Waals surface area contributed by atoms with Crippen molar-refractivity contribution in [3.63, 3.8) is 0 Å². The molecule has 1 atom stereocenters. The predicted molar refractivity (Wildman–Crippen MR) is 95.9 cm³/mol. The Hall–Kier alpha value is -2.42. The Balaban J connectivity index is 1.50. The fourth-order valence-electron chi connectivity index (χ4n) is 2.77. The van der Waals surface area contributed by atoms with E-state index in [0.717, 1.165) is 23.8 Å².